The molecule has 11 rings (SSSR count). The number of aliphatic imine (C=N–C) groups is 2. The van der Waals surface area contributed by atoms with E-state index in [0.29, 0.717) is 0 Å². The van der Waals surface area contributed by atoms with E-state index in [1.165, 1.54) is 66.4 Å². The topological polar surface area (TPSA) is 36.8 Å². The Morgan fingerprint density at radius 1 is 0.550 bits per heavy atom. The van der Waals surface area contributed by atoms with Gasteiger partial charge in [-0.05, 0) is 98.0 Å². The number of fused-ring (bicyclic) bond motifs is 5. The van der Waals surface area contributed by atoms with Crippen molar-refractivity contribution in [3.05, 3.63) is 268 Å². The first-order valence-electron chi connectivity index (χ1n) is 21.0. The van der Waals surface area contributed by atoms with Gasteiger partial charge in [0.2, 0.25) is 0 Å². The summed E-state index contributed by atoms with van der Waals surface area (Å²) in [7, 11) is 0. The summed E-state index contributed by atoms with van der Waals surface area (Å²) in [5, 5.41) is 6.26. The van der Waals surface area contributed by atoms with Crippen LogP contribution in [0, 0.1) is 6.92 Å². The van der Waals surface area contributed by atoms with Crippen molar-refractivity contribution in [1.82, 2.24) is 5.32 Å². The van der Waals surface area contributed by atoms with Gasteiger partial charge in [-0.15, -0.1) is 0 Å². The number of aryl methyl sites for hydroxylation is 1. The molecule has 0 bridgehead atoms. The normalized spacial score (nSPS) is 17.5. The Labute approximate surface area is 351 Å². The second kappa shape index (κ2) is 14.8. The van der Waals surface area contributed by atoms with Crippen LogP contribution >= 0.6 is 0 Å². The summed E-state index contributed by atoms with van der Waals surface area (Å²) < 4.78 is 0. The van der Waals surface area contributed by atoms with Crippen LogP contribution in [0.5, 0.6) is 0 Å². The van der Waals surface area contributed by atoms with E-state index in [-0.39, 0.29) is 12.1 Å². The molecule has 2 atom stereocenters. The van der Waals surface area contributed by atoms with E-state index in [4.69, 9.17) is 9.98 Å². The third-order valence-corrected chi connectivity index (χ3v) is 12.6. The molecule has 3 aliphatic rings. The number of benzene rings is 8. The number of rotatable bonds is 7. The average Bonchev–Trinajstić information content (AvgIpc) is 3.63. The van der Waals surface area contributed by atoms with E-state index >= 15 is 0 Å². The van der Waals surface area contributed by atoms with Crippen LogP contribution < -0.4 is 5.32 Å². The highest BCUT2D eigenvalue weighted by molar-refractivity contribution is 6.13. The summed E-state index contributed by atoms with van der Waals surface area (Å²) in [5.74, 6) is 1.75. The van der Waals surface area contributed by atoms with Crippen LogP contribution in [-0.2, 0) is 5.41 Å². The number of hydrogen-bond donors (Lipinski definition) is 1. The third-order valence-electron chi connectivity index (χ3n) is 12.6. The predicted molar refractivity (Wildman–Crippen MR) is 249 cm³/mol. The molecule has 3 heteroatoms. The quantitative estimate of drug-likeness (QED) is 0.172. The van der Waals surface area contributed by atoms with Crippen molar-refractivity contribution in [2.75, 3.05) is 0 Å². The average molecular weight is 770 g/mol. The van der Waals surface area contributed by atoms with Gasteiger partial charge in [-0.25, -0.2) is 9.98 Å². The second-order valence-electron chi connectivity index (χ2n) is 16.2. The Morgan fingerprint density at radius 2 is 1.20 bits per heavy atom. The SMILES string of the molecule is Cc1cccc(C2=NC(c3ccccc3)NC(c3cccc(C4C=CC=C(c5cc6c(c7ccccc57)-c5ccccc5C6(c5ccccc5)c5ccccc5)C4)c3)=N2)c1. The molecule has 0 fully saturated rings. The van der Waals surface area contributed by atoms with Crippen LogP contribution in [0.15, 0.2) is 222 Å². The zero-order chi connectivity index (χ0) is 40.0. The molecule has 3 nitrogen and oxygen atoms in total. The fourth-order valence-corrected chi connectivity index (χ4v) is 9.90. The molecule has 0 spiro atoms. The highest BCUT2D eigenvalue weighted by Crippen LogP contribution is 2.58. The highest BCUT2D eigenvalue weighted by Gasteiger charge is 2.47. The summed E-state index contributed by atoms with van der Waals surface area (Å²) in [5.41, 5.74) is 15.6. The first kappa shape index (κ1) is 35.8. The molecular formula is C57H43N3. The Balaban J connectivity index is 1.01. The number of hydrogen-bond acceptors (Lipinski definition) is 3. The third kappa shape index (κ3) is 5.96. The first-order chi connectivity index (χ1) is 29.6. The summed E-state index contributed by atoms with van der Waals surface area (Å²) in [6.07, 6.45) is 7.58. The van der Waals surface area contributed by atoms with E-state index in [1.807, 2.05) is 6.07 Å². The van der Waals surface area contributed by atoms with Gasteiger partial charge in [-0.2, -0.15) is 0 Å². The number of allylic oxidation sites excluding steroid dienone is 4. The molecule has 8 aromatic rings. The summed E-state index contributed by atoms with van der Waals surface area (Å²) in [6.45, 7) is 2.11. The minimum absolute atomic E-state index is 0.182. The largest absolute Gasteiger partial charge is 0.344 e. The predicted octanol–water partition coefficient (Wildman–Crippen LogP) is 13.1. The Morgan fingerprint density at radius 3 is 1.97 bits per heavy atom. The molecular weight excluding hydrogens is 727 g/mol. The van der Waals surface area contributed by atoms with Gasteiger partial charge in [-0.3, -0.25) is 0 Å². The van der Waals surface area contributed by atoms with Crippen LogP contribution in [0.2, 0.25) is 0 Å². The van der Waals surface area contributed by atoms with E-state index < -0.39 is 5.41 Å². The van der Waals surface area contributed by atoms with Crippen LogP contribution in [0.3, 0.4) is 0 Å². The Kier molecular flexibility index (Phi) is 8.82. The van der Waals surface area contributed by atoms with E-state index in [1.54, 1.807) is 0 Å². The molecule has 0 radical (unpaired) electrons. The maximum Gasteiger partial charge on any atom is 0.159 e. The lowest BCUT2D eigenvalue weighted by molar-refractivity contribution is 0.674. The summed E-state index contributed by atoms with van der Waals surface area (Å²) in [6, 6.07) is 70.6. The van der Waals surface area contributed by atoms with Crippen molar-refractivity contribution in [1.29, 1.82) is 0 Å². The zero-order valence-electron chi connectivity index (χ0n) is 33.5. The second-order valence-corrected chi connectivity index (χ2v) is 16.2. The molecule has 0 saturated carbocycles. The van der Waals surface area contributed by atoms with Gasteiger partial charge < -0.3 is 5.32 Å². The zero-order valence-corrected chi connectivity index (χ0v) is 33.5. The molecule has 2 aliphatic carbocycles. The van der Waals surface area contributed by atoms with Gasteiger partial charge in [0.1, 0.15) is 12.0 Å². The summed E-state index contributed by atoms with van der Waals surface area (Å²) in [4.78, 5) is 10.3. The fourth-order valence-electron chi connectivity index (χ4n) is 9.90. The lowest BCUT2D eigenvalue weighted by atomic mass is 9.67. The van der Waals surface area contributed by atoms with Crippen molar-refractivity contribution >= 4 is 28.0 Å². The lowest BCUT2D eigenvalue weighted by Gasteiger charge is -2.34. The minimum atomic E-state index is -0.474. The molecule has 1 aliphatic heterocycles. The van der Waals surface area contributed by atoms with Crippen molar-refractivity contribution in [2.45, 2.75) is 30.8 Å². The van der Waals surface area contributed by atoms with Gasteiger partial charge >= 0.3 is 0 Å². The van der Waals surface area contributed by atoms with Crippen LogP contribution in [-0.4, -0.2) is 11.7 Å². The molecule has 60 heavy (non-hydrogen) atoms. The Hall–Kier alpha value is -7.36. The first-order valence-corrected chi connectivity index (χ1v) is 21.0. The molecule has 1 N–H and O–H groups in total. The highest BCUT2D eigenvalue weighted by atomic mass is 15.2. The van der Waals surface area contributed by atoms with Gasteiger partial charge in [-0.1, -0.05) is 200 Å². The molecule has 2 unspecified atom stereocenters. The van der Waals surface area contributed by atoms with Crippen molar-refractivity contribution in [3.63, 3.8) is 0 Å². The monoisotopic (exact) mass is 769 g/mol. The van der Waals surface area contributed by atoms with E-state index in [2.05, 4.69) is 219 Å². The maximum absolute atomic E-state index is 5.16. The van der Waals surface area contributed by atoms with Gasteiger partial charge in [0.25, 0.3) is 0 Å². The van der Waals surface area contributed by atoms with E-state index in [9.17, 15) is 0 Å². The van der Waals surface area contributed by atoms with E-state index in [0.717, 1.165) is 34.8 Å². The maximum atomic E-state index is 5.16. The van der Waals surface area contributed by atoms with Crippen LogP contribution in [0.4, 0.5) is 0 Å². The van der Waals surface area contributed by atoms with Gasteiger partial charge in [0.15, 0.2) is 5.84 Å². The van der Waals surface area contributed by atoms with Crippen LogP contribution in [0.25, 0.3) is 27.5 Å². The number of nitrogens with zero attached hydrogens (tertiary/aromatic N) is 2. The van der Waals surface area contributed by atoms with Crippen molar-refractivity contribution in [3.8, 4) is 11.1 Å². The number of amidine groups is 2. The molecule has 1 heterocycles. The molecule has 0 aromatic heterocycles. The molecule has 8 aromatic carbocycles. The van der Waals surface area contributed by atoms with Gasteiger partial charge in [0.05, 0.1) is 5.41 Å². The fraction of sp³-hybridized carbons (Fsp3) is 0.0877. The number of nitrogens with one attached hydrogen (secondary N) is 1. The lowest BCUT2D eigenvalue weighted by Crippen LogP contribution is -2.33. The minimum Gasteiger partial charge on any atom is -0.344 e. The van der Waals surface area contributed by atoms with Gasteiger partial charge in [0, 0.05) is 17.0 Å². The molecule has 0 amide bonds. The summed E-state index contributed by atoms with van der Waals surface area (Å²) >= 11 is 0. The van der Waals surface area contributed by atoms with Crippen molar-refractivity contribution < 1.29 is 0 Å². The molecule has 286 valence electrons. The smallest absolute Gasteiger partial charge is 0.159 e. The Bertz CT molecular complexity index is 3010. The molecule has 0 saturated heterocycles. The van der Waals surface area contributed by atoms with Crippen molar-refractivity contribution in [2.24, 2.45) is 9.98 Å². The standard InChI is InChI=1S/C57H43N3/c1-38-18-15-24-43(34-38)55-58-54(39-19-5-2-6-20-39)59-56(60-55)44-25-17-22-41(36-44)40-21-16-23-42(35-40)50-37-52-53(48-31-12-11-30-47(48)50)49-32-13-14-33-51(49)57(52,45-26-7-3-8-27-45)46-28-9-4-10-29-46/h2-34,36-37,40,54H,35H2,1H3,(H,58,59,60). The van der Waals surface area contributed by atoms with Crippen LogP contribution in [0.1, 0.15) is 74.1 Å².